The summed E-state index contributed by atoms with van der Waals surface area (Å²) in [7, 11) is 0. The number of carboxylic acid groups (broad SMARTS) is 1. The second kappa shape index (κ2) is 11.8. The van der Waals surface area contributed by atoms with Crippen LogP contribution in [0.1, 0.15) is 113 Å². The molecule has 6 aliphatic rings. The molecular weight excluding hydrogens is 598 g/mol. The minimum atomic E-state index is -1.34. The number of aliphatic hydroxyl groups is 3. The summed E-state index contributed by atoms with van der Waals surface area (Å²) in [6.45, 7) is 17.6. The zero-order valence-electron chi connectivity index (χ0n) is 29.9. The Kier molecular flexibility index (Phi) is 8.85. The second-order valence-electron chi connectivity index (χ2n) is 18.5. The fourth-order valence-electron chi connectivity index (χ4n) is 12.8. The van der Waals surface area contributed by atoms with Crippen LogP contribution in [0.2, 0.25) is 0 Å². The Morgan fingerprint density at radius 2 is 1.66 bits per heavy atom. The third-order valence-electron chi connectivity index (χ3n) is 15.3. The Labute approximate surface area is 281 Å². The number of carboxylic acids is 1. The molecule has 9 nitrogen and oxygen atoms in total. The van der Waals surface area contributed by atoms with Gasteiger partial charge < -0.3 is 35.2 Å². The predicted octanol–water partition coefficient (Wildman–Crippen LogP) is 5.06. The first kappa shape index (κ1) is 35.3. The van der Waals surface area contributed by atoms with Gasteiger partial charge in [0.05, 0.1) is 18.6 Å². The first-order chi connectivity index (χ1) is 21.8. The van der Waals surface area contributed by atoms with E-state index in [2.05, 4.69) is 59.9 Å². The quantitative estimate of drug-likeness (QED) is 0.204. The number of carbonyl (C=O) groups excluding carboxylic acids is 1. The van der Waals surface area contributed by atoms with Gasteiger partial charge in [-0.25, -0.2) is 0 Å². The van der Waals surface area contributed by atoms with Crippen molar-refractivity contribution >= 4 is 11.9 Å². The average Bonchev–Trinajstić information content (AvgIpc) is 2.97. The summed E-state index contributed by atoms with van der Waals surface area (Å²) in [4.78, 5) is 24.5. The highest BCUT2D eigenvalue weighted by molar-refractivity contribution is 5.73. The molecule has 1 amide bonds. The number of ether oxygens (including phenoxy) is 2. The molecule has 0 unspecified atom stereocenters. The first-order valence-electron chi connectivity index (χ1n) is 18.3. The van der Waals surface area contributed by atoms with Gasteiger partial charge in [0.15, 0.2) is 6.29 Å². The van der Waals surface area contributed by atoms with Gasteiger partial charge in [0.2, 0.25) is 5.91 Å². The number of amides is 1. The number of aliphatic hydroxyl groups excluding tert-OH is 3. The maximum Gasteiger partial charge on any atom is 0.306 e. The molecule has 0 aromatic carbocycles. The van der Waals surface area contributed by atoms with Crippen LogP contribution in [0.25, 0.3) is 0 Å². The van der Waals surface area contributed by atoms with Crippen LogP contribution in [0.3, 0.4) is 0 Å². The van der Waals surface area contributed by atoms with Crippen LogP contribution >= 0.6 is 0 Å². The smallest absolute Gasteiger partial charge is 0.306 e. The van der Waals surface area contributed by atoms with Crippen molar-refractivity contribution in [1.82, 2.24) is 5.32 Å². The topological polar surface area (TPSA) is 146 Å². The zero-order valence-corrected chi connectivity index (χ0v) is 29.9. The summed E-state index contributed by atoms with van der Waals surface area (Å²) >= 11 is 0. The van der Waals surface area contributed by atoms with Crippen molar-refractivity contribution < 1.29 is 39.5 Å². The summed E-state index contributed by atoms with van der Waals surface area (Å²) in [5.74, 6) is 0.187. The van der Waals surface area contributed by atoms with E-state index in [-0.39, 0.29) is 50.9 Å². The molecule has 6 rings (SSSR count). The van der Waals surface area contributed by atoms with E-state index in [0.717, 1.165) is 57.8 Å². The number of hydrogen-bond acceptors (Lipinski definition) is 7. The number of allylic oxidation sites excluding steroid dienone is 2. The van der Waals surface area contributed by atoms with E-state index in [1.807, 2.05) is 0 Å². The fraction of sp³-hybridized carbons (Fsp3) is 0.895. The molecule has 0 aromatic heterocycles. The van der Waals surface area contributed by atoms with Gasteiger partial charge in [0, 0.05) is 6.92 Å². The van der Waals surface area contributed by atoms with Crippen molar-refractivity contribution in [3.8, 4) is 0 Å². The van der Waals surface area contributed by atoms with Gasteiger partial charge in [0.1, 0.15) is 24.4 Å². The summed E-state index contributed by atoms with van der Waals surface area (Å²) in [5.41, 5.74) is 1.55. The lowest BCUT2D eigenvalue weighted by molar-refractivity contribution is -0.306. The van der Waals surface area contributed by atoms with E-state index in [0.29, 0.717) is 17.8 Å². The normalized spacial score (nSPS) is 50.1. The lowest BCUT2D eigenvalue weighted by atomic mass is 9.34. The van der Waals surface area contributed by atoms with Crippen LogP contribution in [0.4, 0.5) is 0 Å². The van der Waals surface area contributed by atoms with Crippen LogP contribution in [0.15, 0.2) is 11.6 Å². The lowest BCUT2D eigenvalue weighted by Crippen LogP contribution is -2.67. The molecule has 266 valence electrons. The van der Waals surface area contributed by atoms with Gasteiger partial charge in [-0.2, -0.15) is 0 Å². The van der Waals surface area contributed by atoms with Crippen LogP contribution in [0.5, 0.6) is 0 Å². The zero-order chi connectivity index (χ0) is 34.5. The summed E-state index contributed by atoms with van der Waals surface area (Å²) in [6, 6.07) is -0.952. The molecule has 1 aliphatic heterocycles. The summed E-state index contributed by atoms with van der Waals surface area (Å²) < 4.78 is 12.7. The van der Waals surface area contributed by atoms with E-state index in [9.17, 15) is 30.0 Å². The SMILES string of the molecule is CC(=O)N[C@H]1[C@H](O[C@H]2CC[C@@]3(C)[C@H](CC[C@]4(C)[C@@H]3CC=C3[C@H]5CC(C)(C)C[C@@H](C(=O)O)[C@@H]5CC[C@]34C)C2(C)C)O[C@H](CO)[C@@H](O)[C@@H]1O. The third kappa shape index (κ3) is 5.35. The summed E-state index contributed by atoms with van der Waals surface area (Å²) in [6.07, 6.45) is 6.55. The van der Waals surface area contributed by atoms with Gasteiger partial charge in [-0.15, -0.1) is 0 Å². The van der Waals surface area contributed by atoms with Gasteiger partial charge in [-0.1, -0.05) is 60.1 Å². The van der Waals surface area contributed by atoms with E-state index < -0.39 is 43.2 Å². The molecular formula is C38H61NO8. The molecule has 1 heterocycles. The minimum absolute atomic E-state index is 0.0133. The van der Waals surface area contributed by atoms with E-state index in [4.69, 9.17) is 9.47 Å². The molecule has 47 heavy (non-hydrogen) atoms. The van der Waals surface area contributed by atoms with E-state index in [1.54, 1.807) is 5.57 Å². The molecule has 9 heteroatoms. The first-order valence-corrected chi connectivity index (χ1v) is 18.3. The molecule has 0 bridgehead atoms. The van der Waals surface area contributed by atoms with Crippen LogP contribution in [0, 0.1) is 56.7 Å². The van der Waals surface area contributed by atoms with Crippen molar-refractivity contribution in [3.05, 3.63) is 11.6 Å². The minimum Gasteiger partial charge on any atom is -0.481 e. The summed E-state index contributed by atoms with van der Waals surface area (Å²) in [5, 5.41) is 44.3. The monoisotopic (exact) mass is 659 g/mol. The number of carbonyl (C=O) groups is 2. The van der Waals surface area contributed by atoms with E-state index in [1.165, 1.54) is 6.92 Å². The molecule has 5 N–H and O–H groups in total. The van der Waals surface area contributed by atoms with Gasteiger partial charge in [0.25, 0.3) is 0 Å². The molecule has 0 radical (unpaired) electrons. The van der Waals surface area contributed by atoms with Crippen molar-refractivity contribution in [2.75, 3.05) is 6.61 Å². The Hall–Kier alpha value is -1.52. The van der Waals surface area contributed by atoms with Crippen molar-refractivity contribution in [3.63, 3.8) is 0 Å². The molecule has 0 spiro atoms. The Morgan fingerprint density at radius 1 is 0.957 bits per heavy atom. The van der Waals surface area contributed by atoms with Gasteiger partial charge in [-0.3, -0.25) is 9.59 Å². The average molecular weight is 660 g/mol. The number of hydrogen-bond donors (Lipinski definition) is 5. The lowest BCUT2D eigenvalue weighted by Gasteiger charge is -2.71. The fourth-order valence-corrected chi connectivity index (χ4v) is 12.8. The Morgan fingerprint density at radius 3 is 2.30 bits per heavy atom. The highest BCUT2D eigenvalue weighted by Gasteiger charge is 2.68. The highest BCUT2D eigenvalue weighted by atomic mass is 16.7. The van der Waals surface area contributed by atoms with Crippen molar-refractivity contribution in [1.29, 1.82) is 0 Å². The molecule has 5 fully saturated rings. The van der Waals surface area contributed by atoms with Crippen LogP contribution in [-0.4, -0.2) is 75.7 Å². The molecule has 0 aromatic rings. The molecule has 1 saturated heterocycles. The maximum atomic E-state index is 12.5. The van der Waals surface area contributed by atoms with Crippen LogP contribution in [-0.2, 0) is 19.1 Å². The maximum absolute atomic E-state index is 12.5. The standard InChI is InChI=1S/C38H61NO8/c1-20(41)39-29-31(43)30(42)25(19-40)46-33(29)47-28-13-14-36(6)26(35(28,4)5)12-16-38(8)27(36)10-9-24-22-17-34(2,3)18-23(32(44)45)21(22)11-15-37(24,38)7/h9,21-23,25-31,33,40,42-43H,10-19H2,1-8H3,(H,39,41)(H,44,45)/t21-,22+,23-,25-,26-,27-,28+,29-,30-,31-,33+,36+,37-,38-/m1/s1. The van der Waals surface area contributed by atoms with Crippen LogP contribution < -0.4 is 5.32 Å². The Bertz CT molecular complexity index is 1280. The largest absolute Gasteiger partial charge is 0.481 e. The molecule has 14 atom stereocenters. The van der Waals surface area contributed by atoms with Crippen molar-refractivity contribution in [2.45, 2.75) is 150 Å². The number of nitrogens with one attached hydrogen (secondary N) is 1. The predicted molar refractivity (Wildman–Crippen MR) is 177 cm³/mol. The van der Waals surface area contributed by atoms with E-state index >= 15 is 0 Å². The van der Waals surface area contributed by atoms with Crippen molar-refractivity contribution in [2.24, 2.45) is 56.7 Å². The Balaban J connectivity index is 1.27. The number of aliphatic carboxylic acids is 1. The second-order valence-corrected chi connectivity index (χ2v) is 18.5. The van der Waals surface area contributed by atoms with Gasteiger partial charge in [-0.05, 0) is 109 Å². The number of fused-ring (bicyclic) bond motifs is 7. The molecule has 4 saturated carbocycles. The number of rotatable bonds is 5. The third-order valence-corrected chi connectivity index (χ3v) is 15.3. The van der Waals surface area contributed by atoms with Gasteiger partial charge >= 0.3 is 5.97 Å². The highest BCUT2D eigenvalue weighted by Crippen LogP contribution is 2.75. The molecule has 5 aliphatic carbocycles.